The molecule has 1 aromatic heterocycles. The maximum atomic E-state index is 14.0. The first-order chi connectivity index (χ1) is 8.74. The van der Waals surface area contributed by atoms with Crippen molar-refractivity contribution < 1.29 is 4.39 Å². The molecule has 0 saturated heterocycles. The van der Waals surface area contributed by atoms with E-state index in [1.165, 1.54) is 12.8 Å². The lowest BCUT2D eigenvalue weighted by molar-refractivity contribution is 0.587. The van der Waals surface area contributed by atoms with Gasteiger partial charge < -0.3 is 5.32 Å². The molecule has 0 radical (unpaired) electrons. The molecule has 0 amide bonds. The molecule has 0 bridgehead atoms. The third kappa shape index (κ3) is 2.29. The molecule has 1 aromatic carbocycles. The van der Waals surface area contributed by atoms with Crippen LogP contribution in [0.15, 0.2) is 30.5 Å². The molecule has 0 aliphatic heterocycles. The van der Waals surface area contributed by atoms with Crippen LogP contribution in [0.4, 0.5) is 4.39 Å². The Labute approximate surface area is 106 Å². The van der Waals surface area contributed by atoms with Crippen molar-refractivity contribution in [2.24, 2.45) is 7.05 Å². The van der Waals surface area contributed by atoms with Crippen molar-refractivity contribution in [2.75, 3.05) is 0 Å². The molecule has 3 nitrogen and oxygen atoms in total. The standard InChI is InChI=1S/C14H16FN3/c1-18-14(6-7-17-18)10-2-3-11(13(15)8-10)9-16-12-4-5-12/h2-3,6-8,12,16H,4-5,9H2,1H3. The number of hydrogen-bond donors (Lipinski definition) is 1. The molecular formula is C14H16FN3. The monoisotopic (exact) mass is 245 g/mol. The summed E-state index contributed by atoms with van der Waals surface area (Å²) in [5.74, 6) is -0.151. The zero-order valence-corrected chi connectivity index (χ0v) is 10.4. The van der Waals surface area contributed by atoms with Crippen molar-refractivity contribution in [1.29, 1.82) is 0 Å². The Hall–Kier alpha value is -1.68. The maximum absolute atomic E-state index is 14.0. The van der Waals surface area contributed by atoms with Gasteiger partial charge in [-0.05, 0) is 25.0 Å². The van der Waals surface area contributed by atoms with E-state index in [-0.39, 0.29) is 5.82 Å². The van der Waals surface area contributed by atoms with Crippen LogP contribution >= 0.6 is 0 Å². The lowest BCUT2D eigenvalue weighted by Crippen LogP contribution is -2.16. The summed E-state index contributed by atoms with van der Waals surface area (Å²) >= 11 is 0. The topological polar surface area (TPSA) is 29.9 Å². The number of aromatic nitrogens is 2. The van der Waals surface area contributed by atoms with Crippen LogP contribution < -0.4 is 5.32 Å². The molecule has 1 saturated carbocycles. The van der Waals surface area contributed by atoms with E-state index in [0.717, 1.165) is 16.8 Å². The lowest BCUT2D eigenvalue weighted by atomic mass is 10.1. The van der Waals surface area contributed by atoms with E-state index < -0.39 is 0 Å². The van der Waals surface area contributed by atoms with Crippen LogP contribution in [0.25, 0.3) is 11.3 Å². The largest absolute Gasteiger partial charge is 0.310 e. The van der Waals surface area contributed by atoms with Crippen LogP contribution in [0.3, 0.4) is 0 Å². The summed E-state index contributed by atoms with van der Waals surface area (Å²) in [5.41, 5.74) is 2.52. The summed E-state index contributed by atoms with van der Waals surface area (Å²) in [4.78, 5) is 0. The molecule has 0 atom stereocenters. The van der Waals surface area contributed by atoms with Gasteiger partial charge in [-0.25, -0.2) is 4.39 Å². The number of aryl methyl sites for hydroxylation is 1. The maximum Gasteiger partial charge on any atom is 0.128 e. The molecule has 1 N–H and O–H groups in total. The highest BCUT2D eigenvalue weighted by atomic mass is 19.1. The lowest BCUT2D eigenvalue weighted by Gasteiger charge is -2.07. The first-order valence-corrected chi connectivity index (χ1v) is 6.24. The van der Waals surface area contributed by atoms with E-state index in [9.17, 15) is 4.39 Å². The van der Waals surface area contributed by atoms with Gasteiger partial charge in [-0.2, -0.15) is 5.10 Å². The Bertz CT molecular complexity index is 558. The highest BCUT2D eigenvalue weighted by Crippen LogP contribution is 2.23. The minimum atomic E-state index is -0.151. The second-order valence-electron chi connectivity index (χ2n) is 4.80. The molecule has 94 valence electrons. The minimum Gasteiger partial charge on any atom is -0.310 e. The molecule has 3 rings (SSSR count). The molecule has 2 aromatic rings. The second-order valence-corrected chi connectivity index (χ2v) is 4.80. The predicted octanol–water partition coefficient (Wildman–Crippen LogP) is 2.48. The first-order valence-electron chi connectivity index (χ1n) is 6.24. The van der Waals surface area contributed by atoms with Gasteiger partial charge in [-0.1, -0.05) is 12.1 Å². The van der Waals surface area contributed by atoms with E-state index in [4.69, 9.17) is 0 Å². The summed E-state index contributed by atoms with van der Waals surface area (Å²) in [6, 6.07) is 7.87. The van der Waals surface area contributed by atoms with Crippen LogP contribution in [0.2, 0.25) is 0 Å². The van der Waals surface area contributed by atoms with Crippen LogP contribution in [-0.4, -0.2) is 15.8 Å². The van der Waals surface area contributed by atoms with Gasteiger partial charge in [0.15, 0.2) is 0 Å². The van der Waals surface area contributed by atoms with E-state index >= 15 is 0 Å². The molecule has 0 spiro atoms. The smallest absolute Gasteiger partial charge is 0.128 e. The van der Waals surface area contributed by atoms with Crippen LogP contribution in [-0.2, 0) is 13.6 Å². The number of rotatable bonds is 4. The van der Waals surface area contributed by atoms with Gasteiger partial charge in [0.05, 0.1) is 5.69 Å². The zero-order valence-electron chi connectivity index (χ0n) is 10.4. The molecule has 18 heavy (non-hydrogen) atoms. The van der Waals surface area contributed by atoms with Gasteiger partial charge >= 0.3 is 0 Å². The Morgan fingerprint density at radius 2 is 2.22 bits per heavy atom. The summed E-state index contributed by atoms with van der Waals surface area (Å²) in [5, 5.41) is 7.42. The van der Waals surface area contributed by atoms with Crippen molar-refractivity contribution >= 4 is 0 Å². The molecule has 1 heterocycles. The quantitative estimate of drug-likeness (QED) is 0.896. The first kappa shape index (κ1) is 11.4. The summed E-state index contributed by atoms with van der Waals surface area (Å²) in [6.07, 6.45) is 4.15. The fourth-order valence-corrected chi connectivity index (χ4v) is 2.05. The molecular weight excluding hydrogens is 229 g/mol. The Morgan fingerprint density at radius 1 is 1.39 bits per heavy atom. The minimum absolute atomic E-state index is 0.151. The van der Waals surface area contributed by atoms with Crippen molar-refractivity contribution in [1.82, 2.24) is 15.1 Å². The van der Waals surface area contributed by atoms with Gasteiger partial charge in [0.25, 0.3) is 0 Å². The van der Waals surface area contributed by atoms with Crippen LogP contribution in [0.5, 0.6) is 0 Å². The SMILES string of the molecule is Cn1nccc1-c1ccc(CNC2CC2)c(F)c1. The summed E-state index contributed by atoms with van der Waals surface area (Å²) in [6.45, 7) is 0.613. The van der Waals surface area contributed by atoms with Crippen molar-refractivity contribution in [3.63, 3.8) is 0 Å². The normalized spacial score (nSPS) is 15.0. The Balaban J connectivity index is 1.81. The molecule has 1 fully saturated rings. The second kappa shape index (κ2) is 4.53. The van der Waals surface area contributed by atoms with E-state index in [0.29, 0.717) is 12.6 Å². The van der Waals surface area contributed by atoms with Crippen LogP contribution in [0.1, 0.15) is 18.4 Å². The van der Waals surface area contributed by atoms with Gasteiger partial charge in [-0.3, -0.25) is 4.68 Å². The van der Waals surface area contributed by atoms with Gasteiger partial charge in [0.1, 0.15) is 5.82 Å². The molecule has 1 aliphatic rings. The zero-order chi connectivity index (χ0) is 12.5. The van der Waals surface area contributed by atoms with E-state index in [2.05, 4.69) is 10.4 Å². The Morgan fingerprint density at radius 3 is 2.83 bits per heavy atom. The number of benzene rings is 1. The summed E-state index contributed by atoms with van der Waals surface area (Å²) in [7, 11) is 1.86. The average Bonchev–Trinajstić information content (AvgIpc) is 3.09. The fourth-order valence-electron chi connectivity index (χ4n) is 2.05. The highest BCUT2D eigenvalue weighted by molar-refractivity contribution is 5.59. The Kier molecular flexibility index (Phi) is 2.88. The third-order valence-corrected chi connectivity index (χ3v) is 3.33. The van der Waals surface area contributed by atoms with Gasteiger partial charge in [0, 0.05) is 37.0 Å². The number of hydrogen-bond acceptors (Lipinski definition) is 2. The van der Waals surface area contributed by atoms with E-state index in [1.54, 1.807) is 16.9 Å². The number of nitrogens with zero attached hydrogens (tertiary/aromatic N) is 2. The van der Waals surface area contributed by atoms with Gasteiger partial charge in [0.2, 0.25) is 0 Å². The fraction of sp³-hybridized carbons (Fsp3) is 0.357. The summed E-state index contributed by atoms with van der Waals surface area (Å²) < 4.78 is 15.7. The number of nitrogens with one attached hydrogen (secondary N) is 1. The van der Waals surface area contributed by atoms with Gasteiger partial charge in [-0.15, -0.1) is 0 Å². The van der Waals surface area contributed by atoms with Crippen molar-refractivity contribution in [3.05, 3.63) is 41.8 Å². The molecule has 1 aliphatic carbocycles. The number of halogens is 1. The average molecular weight is 245 g/mol. The third-order valence-electron chi connectivity index (χ3n) is 3.33. The molecule has 0 unspecified atom stereocenters. The highest BCUT2D eigenvalue weighted by Gasteiger charge is 2.20. The predicted molar refractivity (Wildman–Crippen MR) is 68.5 cm³/mol. The van der Waals surface area contributed by atoms with Crippen molar-refractivity contribution in [3.8, 4) is 11.3 Å². The molecule has 4 heteroatoms. The van der Waals surface area contributed by atoms with Crippen molar-refractivity contribution in [2.45, 2.75) is 25.4 Å². The van der Waals surface area contributed by atoms with E-state index in [1.807, 2.05) is 25.2 Å². The van der Waals surface area contributed by atoms with Crippen LogP contribution in [0, 0.1) is 5.82 Å².